The van der Waals surface area contributed by atoms with E-state index in [4.69, 9.17) is 21.4 Å². The summed E-state index contributed by atoms with van der Waals surface area (Å²) in [7, 11) is 0. The average molecular weight is 294 g/mol. The van der Waals surface area contributed by atoms with E-state index in [1.54, 1.807) is 0 Å². The number of benzene rings is 1. The van der Waals surface area contributed by atoms with Crippen molar-refractivity contribution in [3.63, 3.8) is 0 Å². The van der Waals surface area contributed by atoms with E-state index in [1.807, 2.05) is 18.2 Å². The van der Waals surface area contributed by atoms with Gasteiger partial charge in [-0.25, -0.2) is 0 Å². The van der Waals surface area contributed by atoms with Crippen LogP contribution in [0.3, 0.4) is 0 Å². The standard InChI is InChI=1S/C15H16ClNO3/c1-2-17-12-4-3-9(16)7-11(12)10-5-6-20-13(15(10)17)8-14(18)19/h3-4,7,13H,2,5-6,8H2,1H3,(H,18,19). The Labute approximate surface area is 121 Å². The number of aliphatic carboxylic acids is 1. The van der Waals surface area contributed by atoms with Gasteiger partial charge in [0.15, 0.2) is 0 Å². The molecule has 20 heavy (non-hydrogen) atoms. The van der Waals surface area contributed by atoms with Gasteiger partial charge in [-0.05, 0) is 37.1 Å². The Morgan fingerprint density at radius 2 is 2.35 bits per heavy atom. The summed E-state index contributed by atoms with van der Waals surface area (Å²) < 4.78 is 7.83. The molecule has 4 nitrogen and oxygen atoms in total. The van der Waals surface area contributed by atoms with Gasteiger partial charge in [0.1, 0.15) is 6.10 Å². The van der Waals surface area contributed by atoms with Crippen LogP contribution in [-0.2, 0) is 22.5 Å². The first-order chi connectivity index (χ1) is 9.61. The van der Waals surface area contributed by atoms with Crippen molar-refractivity contribution < 1.29 is 14.6 Å². The smallest absolute Gasteiger partial charge is 0.306 e. The molecule has 0 bridgehead atoms. The molecule has 2 aromatic rings. The molecule has 1 N–H and O–H groups in total. The Hall–Kier alpha value is -1.52. The van der Waals surface area contributed by atoms with Gasteiger partial charge in [0.2, 0.25) is 0 Å². The molecule has 1 aliphatic rings. The zero-order valence-electron chi connectivity index (χ0n) is 11.2. The second-order valence-electron chi connectivity index (χ2n) is 4.98. The van der Waals surface area contributed by atoms with Gasteiger partial charge in [-0.1, -0.05) is 11.6 Å². The van der Waals surface area contributed by atoms with E-state index in [2.05, 4.69) is 11.5 Å². The van der Waals surface area contributed by atoms with Crippen molar-refractivity contribution in [1.29, 1.82) is 0 Å². The number of hydrogen-bond donors (Lipinski definition) is 1. The first-order valence-electron chi connectivity index (χ1n) is 6.75. The van der Waals surface area contributed by atoms with Gasteiger partial charge in [0.05, 0.1) is 18.7 Å². The molecule has 1 aromatic carbocycles. The Morgan fingerprint density at radius 1 is 1.55 bits per heavy atom. The molecule has 2 heterocycles. The van der Waals surface area contributed by atoms with E-state index in [1.165, 1.54) is 5.56 Å². The van der Waals surface area contributed by atoms with Crippen molar-refractivity contribution >= 4 is 28.5 Å². The fraction of sp³-hybridized carbons (Fsp3) is 0.400. The molecular formula is C15H16ClNO3. The number of carboxylic acids is 1. The van der Waals surface area contributed by atoms with E-state index < -0.39 is 5.97 Å². The van der Waals surface area contributed by atoms with Gasteiger partial charge in [-0.15, -0.1) is 0 Å². The SMILES string of the molecule is CCn1c2c(c3cc(Cl)ccc31)CCOC2CC(=O)O. The van der Waals surface area contributed by atoms with Gasteiger partial charge in [0.25, 0.3) is 0 Å². The minimum absolute atomic E-state index is 0.00292. The zero-order chi connectivity index (χ0) is 14.3. The molecule has 0 saturated carbocycles. The Bertz CT molecular complexity index is 677. The number of aromatic nitrogens is 1. The van der Waals surface area contributed by atoms with Crippen LogP contribution in [0, 0.1) is 0 Å². The molecule has 1 aliphatic heterocycles. The van der Waals surface area contributed by atoms with Crippen molar-refractivity contribution in [2.45, 2.75) is 32.4 Å². The molecule has 0 radical (unpaired) electrons. The Kier molecular flexibility index (Phi) is 3.44. The van der Waals surface area contributed by atoms with Crippen LogP contribution in [0.4, 0.5) is 0 Å². The number of nitrogens with zero attached hydrogens (tertiary/aromatic N) is 1. The highest BCUT2D eigenvalue weighted by Crippen LogP contribution is 2.38. The van der Waals surface area contributed by atoms with Crippen molar-refractivity contribution in [1.82, 2.24) is 4.57 Å². The quantitative estimate of drug-likeness (QED) is 0.943. The normalized spacial score (nSPS) is 18.2. The number of ether oxygens (including phenoxy) is 1. The molecule has 1 atom stereocenters. The summed E-state index contributed by atoms with van der Waals surface area (Å²) in [6.45, 7) is 3.40. The van der Waals surface area contributed by atoms with E-state index in [0.717, 1.165) is 29.6 Å². The highest BCUT2D eigenvalue weighted by atomic mass is 35.5. The second-order valence-corrected chi connectivity index (χ2v) is 5.41. The first kappa shape index (κ1) is 13.5. The van der Waals surface area contributed by atoms with Gasteiger partial charge in [-0.2, -0.15) is 0 Å². The summed E-state index contributed by atoms with van der Waals surface area (Å²) in [5.74, 6) is -0.839. The lowest BCUT2D eigenvalue weighted by molar-refractivity contribution is -0.140. The summed E-state index contributed by atoms with van der Waals surface area (Å²) in [4.78, 5) is 11.0. The number of hydrogen-bond acceptors (Lipinski definition) is 2. The van der Waals surface area contributed by atoms with Crippen LogP contribution in [0.25, 0.3) is 10.9 Å². The Balaban J connectivity index is 2.24. The van der Waals surface area contributed by atoms with Crippen LogP contribution in [0.15, 0.2) is 18.2 Å². The largest absolute Gasteiger partial charge is 0.481 e. The molecule has 0 fully saturated rings. The minimum atomic E-state index is -0.839. The number of aryl methyl sites for hydroxylation is 1. The molecule has 0 spiro atoms. The maximum absolute atomic E-state index is 11.0. The van der Waals surface area contributed by atoms with Crippen molar-refractivity contribution in [3.05, 3.63) is 34.5 Å². The summed E-state index contributed by atoms with van der Waals surface area (Å²) >= 11 is 6.10. The predicted molar refractivity (Wildman–Crippen MR) is 77.3 cm³/mol. The lowest BCUT2D eigenvalue weighted by atomic mass is 10.0. The lowest BCUT2D eigenvalue weighted by Crippen LogP contribution is -2.21. The average Bonchev–Trinajstić information content (AvgIpc) is 2.72. The third-order valence-electron chi connectivity index (χ3n) is 3.83. The maximum atomic E-state index is 11.0. The topological polar surface area (TPSA) is 51.5 Å². The molecule has 0 amide bonds. The van der Waals surface area contributed by atoms with Crippen LogP contribution in [-0.4, -0.2) is 22.2 Å². The first-order valence-corrected chi connectivity index (χ1v) is 7.13. The number of fused-ring (bicyclic) bond motifs is 3. The fourth-order valence-electron chi connectivity index (χ4n) is 3.08. The summed E-state index contributed by atoms with van der Waals surface area (Å²) in [5.41, 5.74) is 3.28. The minimum Gasteiger partial charge on any atom is -0.481 e. The van der Waals surface area contributed by atoms with Crippen LogP contribution >= 0.6 is 11.6 Å². The highest BCUT2D eigenvalue weighted by molar-refractivity contribution is 6.31. The zero-order valence-corrected chi connectivity index (χ0v) is 12.0. The number of carboxylic acid groups (broad SMARTS) is 1. The van der Waals surface area contributed by atoms with Crippen LogP contribution in [0.2, 0.25) is 5.02 Å². The van der Waals surface area contributed by atoms with Gasteiger partial charge in [0, 0.05) is 22.5 Å². The molecular weight excluding hydrogens is 278 g/mol. The molecule has 5 heteroatoms. The summed E-state index contributed by atoms with van der Waals surface area (Å²) in [5, 5.41) is 10.9. The second kappa shape index (κ2) is 5.11. The third kappa shape index (κ3) is 2.09. The summed E-state index contributed by atoms with van der Waals surface area (Å²) in [6, 6.07) is 5.83. The fourth-order valence-corrected chi connectivity index (χ4v) is 3.26. The third-order valence-corrected chi connectivity index (χ3v) is 4.06. The van der Waals surface area contributed by atoms with Crippen LogP contribution in [0.5, 0.6) is 0 Å². The van der Waals surface area contributed by atoms with E-state index in [9.17, 15) is 4.79 Å². The highest BCUT2D eigenvalue weighted by Gasteiger charge is 2.29. The monoisotopic (exact) mass is 293 g/mol. The molecule has 0 saturated heterocycles. The van der Waals surface area contributed by atoms with Crippen LogP contribution in [0.1, 0.15) is 30.7 Å². The predicted octanol–water partition coefficient (Wildman–Crippen LogP) is 3.40. The van der Waals surface area contributed by atoms with Crippen molar-refractivity contribution in [3.8, 4) is 0 Å². The van der Waals surface area contributed by atoms with E-state index in [0.29, 0.717) is 11.6 Å². The van der Waals surface area contributed by atoms with E-state index in [-0.39, 0.29) is 12.5 Å². The lowest BCUT2D eigenvalue weighted by Gasteiger charge is -2.24. The molecule has 3 rings (SSSR count). The van der Waals surface area contributed by atoms with Crippen molar-refractivity contribution in [2.75, 3.05) is 6.61 Å². The van der Waals surface area contributed by atoms with Crippen molar-refractivity contribution in [2.24, 2.45) is 0 Å². The van der Waals surface area contributed by atoms with Gasteiger partial charge >= 0.3 is 5.97 Å². The number of carbonyl (C=O) groups is 1. The number of rotatable bonds is 3. The Morgan fingerprint density at radius 3 is 3.05 bits per heavy atom. The van der Waals surface area contributed by atoms with Gasteiger partial charge in [-0.3, -0.25) is 4.79 Å². The molecule has 1 unspecified atom stereocenters. The number of halogens is 1. The molecule has 1 aromatic heterocycles. The molecule has 106 valence electrons. The van der Waals surface area contributed by atoms with Crippen LogP contribution < -0.4 is 0 Å². The van der Waals surface area contributed by atoms with Gasteiger partial charge < -0.3 is 14.4 Å². The summed E-state index contributed by atoms with van der Waals surface area (Å²) in [6.07, 6.45) is 0.425. The van der Waals surface area contributed by atoms with E-state index >= 15 is 0 Å². The maximum Gasteiger partial charge on any atom is 0.306 e. The molecule has 0 aliphatic carbocycles.